The molecule has 1 aliphatic rings. The Morgan fingerprint density at radius 1 is 1.12 bits per heavy atom. The van der Waals surface area contributed by atoms with Gasteiger partial charge in [-0.25, -0.2) is 9.98 Å². The Morgan fingerprint density at radius 3 is 2.21 bits per heavy atom. The minimum atomic E-state index is -1.79. The summed E-state index contributed by atoms with van der Waals surface area (Å²) >= 11 is 0. The average molecular weight is 357 g/mol. The topological polar surface area (TPSA) is 69.5 Å². The van der Waals surface area contributed by atoms with E-state index in [0.717, 1.165) is 6.04 Å². The molecule has 0 saturated carbocycles. The maximum absolute atomic E-state index is 11.1. The molecule has 24 heavy (non-hydrogen) atoms. The SMILES string of the molecule is CCOC1=N[C@H](C(C)C)C(OCC)=N[C@@H]1C[Si](C)(C)COC(C)=O. The lowest BCUT2D eigenvalue weighted by atomic mass is 10.0. The quantitative estimate of drug-likeness (QED) is 0.519. The zero-order valence-electron chi connectivity index (χ0n) is 16.1. The van der Waals surface area contributed by atoms with Crippen LogP contribution in [-0.4, -0.2) is 57.4 Å². The third-order valence-corrected chi connectivity index (χ3v) is 6.13. The Balaban J connectivity index is 2.99. The predicted molar refractivity (Wildman–Crippen MR) is 99.5 cm³/mol. The van der Waals surface area contributed by atoms with Gasteiger partial charge in [0.15, 0.2) is 0 Å². The molecule has 0 aliphatic carbocycles. The van der Waals surface area contributed by atoms with Gasteiger partial charge in [0.2, 0.25) is 11.8 Å². The molecular weight excluding hydrogens is 324 g/mol. The number of hydrogen-bond acceptors (Lipinski definition) is 6. The Morgan fingerprint density at radius 2 is 1.71 bits per heavy atom. The maximum Gasteiger partial charge on any atom is 0.302 e. The van der Waals surface area contributed by atoms with E-state index in [1.807, 2.05) is 13.8 Å². The minimum absolute atomic E-state index is 0.0963. The molecule has 0 aromatic carbocycles. The van der Waals surface area contributed by atoms with Crippen LogP contribution in [0.5, 0.6) is 0 Å². The molecule has 7 heteroatoms. The number of rotatable bonds is 7. The molecule has 1 aliphatic heterocycles. The minimum Gasteiger partial charge on any atom is -0.480 e. The number of carbonyl (C=O) groups excluding carboxylic acids is 1. The highest BCUT2D eigenvalue weighted by molar-refractivity contribution is 6.77. The van der Waals surface area contributed by atoms with Crippen LogP contribution in [0.25, 0.3) is 0 Å². The van der Waals surface area contributed by atoms with Gasteiger partial charge in [0.05, 0.1) is 27.5 Å². The first-order valence-electron chi connectivity index (χ1n) is 8.74. The van der Waals surface area contributed by atoms with Crippen molar-refractivity contribution in [1.82, 2.24) is 0 Å². The van der Waals surface area contributed by atoms with Gasteiger partial charge in [-0.3, -0.25) is 4.79 Å². The molecule has 0 amide bonds. The lowest BCUT2D eigenvalue weighted by Gasteiger charge is -2.31. The molecule has 2 atom stereocenters. The Hall–Kier alpha value is -1.37. The molecule has 0 N–H and O–H groups in total. The van der Waals surface area contributed by atoms with Crippen LogP contribution in [0.4, 0.5) is 0 Å². The van der Waals surface area contributed by atoms with Gasteiger partial charge in [-0.15, -0.1) is 0 Å². The summed E-state index contributed by atoms with van der Waals surface area (Å²) in [5.41, 5.74) is 0. The first-order valence-corrected chi connectivity index (χ1v) is 12.2. The number of aliphatic imine (C=N–C) groups is 2. The molecule has 6 nitrogen and oxygen atoms in total. The summed E-state index contributed by atoms with van der Waals surface area (Å²) in [6.07, 6.45) is 0.478. The molecule has 0 unspecified atom stereocenters. The van der Waals surface area contributed by atoms with Crippen molar-refractivity contribution in [3.63, 3.8) is 0 Å². The second kappa shape index (κ2) is 9.20. The third-order valence-electron chi connectivity index (χ3n) is 3.72. The van der Waals surface area contributed by atoms with E-state index in [0.29, 0.717) is 31.2 Å². The van der Waals surface area contributed by atoms with Crippen LogP contribution in [0.15, 0.2) is 9.98 Å². The van der Waals surface area contributed by atoms with Crippen molar-refractivity contribution in [1.29, 1.82) is 0 Å². The zero-order valence-corrected chi connectivity index (χ0v) is 17.1. The first-order chi connectivity index (χ1) is 11.2. The van der Waals surface area contributed by atoms with E-state index in [4.69, 9.17) is 24.2 Å². The van der Waals surface area contributed by atoms with E-state index >= 15 is 0 Å². The molecule has 1 rings (SSSR count). The standard InChI is InChI=1S/C17H32N2O4Si/c1-8-21-16-14(10-24(6,7)11-23-13(5)20)18-17(22-9-2)15(19-16)12(3)4/h12,14-15H,8-11H2,1-7H3/t14-,15-/m1/s1. The summed E-state index contributed by atoms with van der Waals surface area (Å²) in [5.74, 6) is 1.43. The fraction of sp³-hybridized carbons (Fsp3) is 0.824. The lowest BCUT2D eigenvalue weighted by Crippen LogP contribution is -2.44. The van der Waals surface area contributed by atoms with Crippen LogP contribution in [0, 0.1) is 5.92 Å². The number of esters is 1. The van der Waals surface area contributed by atoms with Gasteiger partial charge in [-0.2, -0.15) is 0 Å². The lowest BCUT2D eigenvalue weighted by molar-refractivity contribution is -0.139. The fourth-order valence-corrected chi connectivity index (χ4v) is 4.59. The highest BCUT2D eigenvalue weighted by Gasteiger charge is 2.36. The molecule has 0 radical (unpaired) electrons. The maximum atomic E-state index is 11.1. The Kier molecular flexibility index (Phi) is 7.92. The van der Waals surface area contributed by atoms with E-state index in [1.54, 1.807) is 0 Å². The van der Waals surface area contributed by atoms with Crippen molar-refractivity contribution in [3.8, 4) is 0 Å². The highest BCUT2D eigenvalue weighted by Crippen LogP contribution is 2.24. The molecule has 0 aromatic rings. The molecule has 0 spiro atoms. The second-order valence-corrected chi connectivity index (χ2v) is 12.2. The normalized spacial score (nSPS) is 21.2. The van der Waals surface area contributed by atoms with Crippen molar-refractivity contribution >= 4 is 25.8 Å². The molecule has 1 heterocycles. The van der Waals surface area contributed by atoms with Crippen molar-refractivity contribution in [2.24, 2.45) is 15.9 Å². The summed E-state index contributed by atoms with van der Waals surface area (Å²) in [7, 11) is -1.79. The summed E-state index contributed by atoms with van der Waals surface area (Å²) in [6.45, 7) is 15.1. The van der Waals surface area contributed by atoms with Crippen molar-refractivity contribution in [3.05, 3.63) is 0 Å². The van der Waals surface area contributed by atoms with Crippen LogP contribution in [0.1, 0.15) is 34.6 Å². The largest absolute Gasteiger partial charge is 0.480 e. The van der Waals surface area contributed by atoms with Crippen molar-refractivity contribution < 1.29 is 19.0 Å². The zero-order chi connectivity index (χ0) is 18.3. The van der Waals surface area contributed by atoms with Crippen LogP contribution < -0.4 is 0 Å². The number of hydrogen-bond donors (Lipinski definition) is 0. The average Bonchev–Trinajstić information content (AvgIpc) is 2.47. The third kappa shape index (κ3) is 6.26. The van der Waals surface area contributed by atoms with Gasteiger partial charge in [0.25, 0.3) is 0 Å². The molecule has 0 saturated heterocycles. The highest BCUT2D eigenvalue weighted by atomic mass is 28.3. The van der Waals surface area contributed by atoms with Gasteiger partial charge in [0, 0.05) is 6.92 Å². The van der Waals surface area contributed by atoms with Gasteiger partial charge >= 0.3 is 5.97 Å². The van der Waals surface area contributed by atoms with E-state index in [-0.39, 0.29) is 24.0 Å². The van der Waals surface area contributed by atoms with Crippen LogP contribution in [-0.2, 0) is 19.0 Å². The second-order valence-electron chi connectivity index (χ2n) is 7.15. The summed E-state index contributed by atoms with van der Waals surface area (Å²) in [6, 6.07) is 0.556. The Labute approximate surface area is 146 Å². The number of nitrogens with zero attached hydrogens (tertiary/aromatic N) is 2. The van der Waals surface area contributed by atoms with Gasteiger partial charge in [-0.1, -0.05) is 26.9 Å². The molecule has 0 bridgehead atoms. The van der Waals surface area contributed by atoms with Crippen LogP contribution in [0.2, 0.25) is 19.1 Å². The molecule has 0 fully saturated rings. The summed E-state index contributed by atoms with van der Waals surface area (Å²) < 4.78 is 16.8. The first kappa shape index (κ1) is 20.7. The van der Waals surface area contributed by atoms with E-state index < -0.39 is 8.07 Å². The smallest absolute Gasteiger partial charge is 0.302 e. The van der Waals surface area contributed by atoms with E-state index in [2.05, 4.69) is 26.9 Å². The predicted octanol–water partition coefficient (Wildman–Crippen LogP) is 3.07. The van der Waals surface area contributed by atoms with E-state index in [1.165, 1.54) is 6.92 Å². The summed E-state index contributed by atoms with van der Waals surface area (Å²) in [4.78, 5) is 20.7. The fourth-order valence-electron chi connectivity index (χ4n) is 2.56. The van der Waals surface area contributed by atoms with Crippen LogP contribution >= 0.6 is 0 Å². The van der Waals surface area contributed by atoms with Gasteiger partial charge in [-0.05, 0) is 25.8 Å². The van der Waals surface area contributed by atoms with Crippen molar-refractivity contribution in [2.45, 2.75) is 65.8 Å². The number of ether oxygens (including phenoxy) is 3. The molecular formula is C17H32N2O4Si. The molecule has 138 valence electrons. The monoisotopic (exact) mass is 356 g/mol. The van der Waals surface area contributed by atoms with Gasteiger partial charge in [0.1, 0.15) is 12.1 Å². The summed E-state index contributed by atoms with van der Waals surface area (Å²) in [5, 5.41) is 0. The van der Waals surface area contributed by atoms with Crippen LogP contribution in [0.3, 0.4) is 0 Å². The van der Waals surface area contributed by atoms with Gasteiger partial charge < -0.3 is 14.2 Å². The number of carbonyl (C=O) groups is 1. The van der Waals surface area contributed by atoms with E-state index in [9.17, 15) is 4.79 Å². The molecule has 0 aromatic heterocycles. The van der Waals surface area contributed by atoms with Crippen molar-refractivity contribution in [2.75, 3.05) is 19.4 Å². The Bertz CT molecular complexity index is 489.